The van der Waals surface area contributed by atoms with Crippen molar-refractivity contribution in [2.75, 3.05) is 0 Å². The number of hydrogen-bond acceptors (Lipinski definition) is 3. The summed E-state index contributed by atoms with van der Waals surface area (Å²) in [5.74, 6) is -0.260. The molecular weight excluding hydrogens is 158 g/mol. The molecule has 0 unspecified atom stereocenters. The molecule has 0 aliphatic rings. The summed E-state index contributed by atoms with van der Waals surface area (Å²) in [6.45, 7) is 5.72. The van der Waals surface area contributed by atoms with Crippen molar-refractivity contribution in [2.45, 2.75) is 27.2 Å². The number of aliphatic carboxylic acids is 1. The third-order valence-corrected chi connectivity index (χ3v) is 1.01. The highest BCUT2D eigenvalue weighted by atomic mass is 16.5. The van der Waals surface area contributed by atoms with Crippen molar-refractivity contribution in [3.05, 3.63) is 17.5 Å². The molecule has 0 radical (unpaired) electrons. The van der Waals surface area contributed by atoms with Crippen molar-refractivity contribution in [1.29, 1.82) is 0 Å². The summed E-state index contributed by atoms with van der Waals surface area (Å²) in [6.07, 6.45) is -0.0721. The standard InChI is InChI=1S/C6H7NO3.C2H6/c1-4-2-5(7-10-4)3-6(8)9;1-2/h2H,3H2,1H3,(H,8,9);1-2H3. The van der Waals surface area contributed by atoms with E-state index in [-0.39, 0.29) is 6.42 Å². The van der Waals surface area contributed by atoms with Crippen LogP contribution in [-0.4, -0.2) is 16.2 Å². The first kappa shape index (κ1) is 10.7. The van der Waals surface area contributed by atoms with Crippen LogP contribution in [0.5, 0.6) is 0 Å². The number of carbonyl (C=O) groups is 1. The molecule has 1 aromatic heterocycles. The van der Waals surface area contributed by atoms with Gasteiger partial charge in [-0.15, -0.1) is 0 Å². The lowest BCUT2D eigenvalue weighted by Crippen LogP contribution is -1.99. The zero-order valence-corrected chi connectivity index (χ0v) is 7.50. The minimum absolute atomic E-state index is 0.0721. The summed E-state index contributed by atoms with van der Waals surface area (Å²) < 4.78 is 4.65. The molecule has 0 aromatic carbocycles. The summed E-state index contributed by atoms with van der Waals surface area (Å²) in [4.78, 5) is 10.1. The number of nitrogens with zero attached hydrogens (tertiary/aromatic N) is 1. The second kappa shape index (κ2) is 5.35. The molecule has 1 N–H and O–H groups in total. The van der Waals surface area contributed by atoms with Crippen molar-refractivity contribution in [3.63, 3.8) is 0 Å². The van der Waals surface area contributed by atoms with Gasteiger partial charge in [0.05, 0.1) is 12.1 Å². The Bertz CT molecular complexity index is 242. The Morgan fingerprint density at radius 3 is 2.58 bits per heavy atom. The van der Waals surface area contributed by atoms with E-state index in [4.69, 9.17) is 5.11 Å². The highest BCUT2D eigenvalue weighted by Crippen LogP contribution is 2.01. The Balaban J connectivity index is 0.000000561. The Morgan fingerprint density at radius 2 is 2.25 bits per heavy atom. The second-order valence-electron chi connectivity index (χ2n) is 2.00. The largest absolute Gasteiger partial charge is 0.481 e. The summed E-state index contributed by atoms with van der Waals surface area (Å²) >= 11 is 0. The van der Waals surface area contributed by atoms with Gasteiger partial charge in [-0.1, -0.05) is 19.0 Å². The normalized spacial score (nSPS) is 8.58. The average Bonchev–Trinajstić information content (AvgIpc) is 2.39. The van der Waals surface area contributed by atoms with Crippen LogP contribution in [0, 0.1) is 6.92 Å². The van der Waals surface area contributed by atoms with Gasteiger partial charge in [-0.3, -0.25) is 4.79 Å². The fraction of sp³-hybridized carbons (Fsp3) is 0.500. The molecule has 0 bridgehead atoms. The van der Waals surface area contributed by atoms with Crippen LogP contribution in [0.15, 0.2) is 10.6 Å². The van der Waals surface area contributed by atoms with Crippen LogP contribution in [0.25, 0.3) is 0 Å². The Kier molecular flexibility index (Phi) is 4.76. The number of carboxylic acids is 1. The first-order valence-electron chi connectivity index (χ1n) is 3.82. The highest BCUT2D eigenvalue weighted by molar-refractivity contribution is 5.69. The zero-order valence-electron chi connectivity index (χ0n) is 7.50. The summed E-state index contributed by atoms with van der Waals surface area (Å²) in [5, 5.41) is 11.8. The molecule has 0 fully saturated rings. The van der Waals surface area contributed by atoms with Crippen LogP contribution in [0.1, 0.15) is 25.3 Å². The molecule has 0 spiro atoms. The van der Waals surface area contributed by atoms with Crippen molar-refractivity contribution >= 4 is 5.97 Å². The Labute approximate surface area is 71.2 Å². The third kappa shape index (κ3) is 3.75. The molecule has 68 valence electrons. The van der Waals surface area contributed by atoms with Crippen molar-refractivity contribution in [3.8, 4) is 0 Å². The van der Waals surface area contributed by atoms with Crippen molar-refractivity contribution < 1.29 is 14.4 Å². The summed E-state index contributed by atoms with van der Waals surface area (Å²) in [5.41, 5.74) is 0.463. The van der Waals surface area contributed by atoms with E-state index in [9.17, 15) is 4.79 Å². The Hall–Kier alpha value is -1.32. The van der Waals surface area contributed by atoms with E-state index in [2.05, 4.69) is 9.68 Å². The van der Waals surface area contributed by atoms with E-state index in [0.29, 0.717) is 11.5 Å². The van der Waals surface area contributed by atoms with E-state index >= 15 is 0 Å². The van der Waals surface area contributed by atoms with Crippen molar-refractivity contribution in [1.82, 2.24) is 5.16 Å². The van der Waals surface area contributed by atoms with E-state index in [0.717, 1.165) is 0 Å². The quantitative estimate of drug-likeness (QED) is 0.734. The zero-order chi connectivity index (χ0) is 9.56. The molecule has 0 amide bonds. The van der Waals surface area contributed by atoms with Gasteiger partial charge in [0.2, 0.25) is 0 Å². The second-order valence-corrected chi connectivity index (χ2v) is 2.00. The van der Waals surface area contributed by atoms with Gasteiger partial charge in [0.25, 0.3) is 0 Å². The van der Waals surface area contributed by atoms with E-state index < -0.39 is 5.97 Å². The molecule has 0 aliphatic carbocycles. The van der Waals surface area contributed by atoms with Gasteiger partial charge in [-0.05, 0) is 6.92 Å². The van der Waals surface area contributed by atoms with Crippen LogP contribution in [0.2, 0.25) is 0 Å². The molecule has 1 aromatic rings. The number of aryl methyl sites for hydroxylation is 1. The van der Waals surface area contributed by atoms with E-state index in [1.54, 1.807) is 13.0 Å². The van der Waals surface area contributed by atoms with Gasteiger partial charge in [0.1, 0.15) is 5.76 Å². The lowest BCUT2D eigenvalue weighted by atomic mass is 10.3. The number of carboxylic acid groups (broad SMARTS) is 1. The summed E-state index contributed by atoms with van der Waals surface area (Å²) in [7, 11) is 0. The first-order chi connectivity index (χ1) is 5.68. The maximum atomic E-state index is 10.1. The minimum Gasteiger partial charge on any atom is -0.481 e. The van der Waals surface area contributed by atoms with Crippen LogP contribution in [0.4, 0.5) is 0 Å². The number of aromatic nitrogens is 1. The number of hydrogen-bond donors (Lipinski definition) is 1. The predicted molar refractivity (Wildman–Crippen MR) is 43.9 cm³/mol. The minimum atomic E-state index is -0.895. The lowest BCUT2D eigenvalue weighted by Gasteiger charge is -1.82. The Morgan fingerprint density at radius 1 is 1.67 bits per heavy atom. The van der Waals surface area contributed by atoms with Crippen LogP contribution in [0.3, 0.4) is 0 Å². The predicted octanol–water partition coefficient (Wildman–Crippen LogP) is 1.64. The topological polar surface area (TPSA) is 63.3 Å². The molecular formula is C8H13NO3. The van der Waals surface area contributed by atoms with Gasteiger partial charge in [0, 0.05) is 6.07 Å². The van der Waals surface area contributed by atoms with Gasteiger partial charge in [-0.25, -0.2) is 0 Å². The third-order valence-electron chi connectivity index (χ3n) is 1.01. The van der Waals surface area contributed by atoms with E-state index in [1.807, 2.05) is 13.8 Å². The van der Waals surface area contributed by atoms with Crippen LogP contribution >= 0.6 is 0 Å². The van der Waals surface area contributed by atoms with Crippen molar-refractivity contribution in [2.24, 2.45) is 0 Å². The smallest absolute Gasteiger partial charge is 0.309 e. The van der Waals surface area contributed by atoms with Gasteiger partial charge < -0.3 is 9.63 Å². The van der Waals surface area contributed by atoms with E-state index in [1.165, 1.54) is 0 Å². The van der Waals surface area contributed by atoms with Gasteiger partial charge in [0.15, 0.2) is 0 Å². The summed E-state index contributed by atoms with van der Waals surface area (Å²) in [6, 6.07) is 1.61. The number of rotatable bonds is 2. The SMILES string of the molecule is CC.Cc1cc(CC(=O)O)no1. The molecule has 4 nitrogen and oxygen atoms in total. The average molecular weight is 171 g/mol. The molecule has 0 saturated carbocycles. The van der Waals surface area contributed by atoms with Gasteiger partial charge >= 0.3 is 5.97 Å². The highest BCUT2D eigenvalue weighted by Gasteiger charge is 2.03. The molecule has 4 heteroatoms. The lowest BCUT2D eigenvalue weighted by molar-refractivity contribution is -0.136. The van der Waals surface area contributed by atoms with Crippen LogP contribution < -0.4 is 0 Å². The molecule has 0 atom stereocenters. The first-order valence-corrected chi connectivity index (χ1v) is 3.82. The van der Waals surface area contributed by atoms with Crippen LogP contribution in [-0.2, 0) is 11.2 Å². The molecule has 1 rings (SSSR count). The molecule has 12 heavy (non-hydrogen) atoms. The monoisotopic (exact) mass is 171 g/mol. The molecule has 0 saturated heterocycles. The van der Waals surface area contributed by atoms with Gasteiger partial charge in [-0.2, -0.15) is 0 Å². The maximum Gasteiger partial charge on any atom is 0.309 e. The maximum absolute atomic E-state index is 10.1. The molecule has 1 heterocycles. The fourth-order valence-corrected chi connectivity index (χ4v) is 0.656. The molecule has 0 aliphatic heterocycles. The fourth-order valence-electron chi connectivity index (χ4n) is 0.656.